The lowest BCUT2D eigenvalue weighted by Crippen LogP contribution is -2.13. The first-order valence-electron chi connectivity index (χ1n) is 6.88. The number of anilines is 1. The Morgan fingerprint density at radius 3 is 2.86 bits per heavy atom. The van der Waals surface area contributed by atoms with Crippen LogP contribution < -0.4 is 10.1 Å². The number of benzene rings is 1. The molecule has 0 atom stereocenters. The largest absolute Gasteiger partial charge is 0.493 e. The number of carbonyl (C=O) groups excluding carboxylic acids is 1. The highest BCUT2D eigenvalue weighted by molar-refractivity contribution is 6.06. The number of aromatic nitrogens is 2. The minimum atomic E-state index is -0.227. The van der Waals surface area contributed by atoms with Gasteiger partial charge in [0.15, 0.2) is 0 Å². The van der Waals surface area contributed by atoms with Crippen LogP contribution in [0.15, 0.2) is 36.7 Å². The Morgan fingerprint density at radius 2 is 2.10 bits per heavy atom. The molecule has 0 radical (unpaired) electrons. The van der Waals surface area contributed by atoms with E-state index in [1.54, 1.807) is 35.3 Å². The molecule has 6 heteroatoms. The van der Waals surface area contributed by atoms with Gasteiger partial charge in [0.1, 0.15) is 12.5 Å². The number of hydrogen-bond acceptors (Lipinski definition) is 4. The van der Waals surface area contributed by atoms with Crippen LogP contribution in [0.5, 0.6) is 5.75 Å². The van der Waals surface area contributed by atoms with Crippen LogP contribution in [0.2, 0.25) is 0 Å². The number of para-hydroxylation sites is 1. The molecule has 0 aliphatic heterocycles. The Hall–Kier alpha value is -2.34. The van der Waals surface area contributed by atoms with E-state index >= 15 is 0 Å². The third kappa shape index (κ3) is 4.06. The van der Waals surface area contributed by atoms with Gasteiger partial charge in [0.2, 0.25) is 0 Å². The van der Waals surface area contributed by atoms with Crippen molar-refractivity contribution in [2.75, 3.05) is 18.5 Å². The predicted molar refractivity (Wildman–Crippen MR) is 79.4 cm³/mol. The van der Waals surface area contributed by atoms with E-state index < -0.39 is 0 Å². The van der Waals surface area contributed by atoms with Crippen LogP contribution in [0, 0.1) is 0 Å². The van der Waals surface area contributed by atoms with Gasteiger partial charge in [0, 0.05) is 6.61 Å². The molecule has 6 nitrogen and oxygen atoms in total. The average Bonchev–Trinajstić information content (AvgIpc) is 2.93. The zero-order valence-corrected chi connectivity index (χ0v) is 12.2. The summed E-state index contributed by atoms with van der Waals surface area (Å²) >= 11 is 0. The number of carbonyl (C=O) groups is 1. The fourth-order valence-corrected chi connectivity index (χ4v) is 1.82. The monoisotopic (exact) mass is 289 g/mol. The summed E-state index contributed by atoms with van der Waals surface area (Å²) in [6.07, 6.45) is 3.30. The quantitative estimate of drug-likeness (QED) is 0.850. The second-order valence-electron chi connectivity index (χ2n) is 4.27. The van der Waals surface area contributed by atoms with E-state index in [1.165, 1.54) is 0 Å². The second kappa shape index (κ2) is 7.44. The summed E-state index contributed by atoms with van der Waals surface area (Å²) in [5, 5.41) is 6.90. The minimum Gasteiger partial charge on any atom is -0.493 e. The minimum absolute atomic E-state index is 0.227. The van der Waals surface area contributed by atoms with Crippen molar-refractivity contribution in [2.45, 2.75) is 20.6 Å². The van der Waals surface area contributed by atoms with Crippen molar-refractivity contribution in [1.82, 2.24) is 9.78 Å². The number of nitrogens with one attached hydrogen (secondary N) is 1. The van der Waals surface area contributed by atoms with Crippen LogP contribution >= 0.6 is 0 Å². The SMILES string of the molecule is CCOCn1cc(NC(=O)c2ccccc2OCC)cn1. The molecule has 0 fully saturated rings. The van der Waals surface area contributed by atoms with Gasteiger partial charge < -0.3 is 14.8 Å². The molecule has 2 rings (SSSR count). The van der Waals surface area contributed by atoms with Gasteiger partial charge in [-0.3, -0.25) is 4.79 Å². The first-order valence-corrected chi connectivity index (χ1v) is 6.88. The van der Waals surface area contributed by atoms with Crippen molar-refractivity contribution in [3.05, 3.63) is 42.2 Å². The van der Waals surface area contributed by atoms with Crippen molar-refractivity contribution >= 4 is 11.6 Å². The fourth-order valence-electron chi connectivity index (χ4n) is 1.82. The van der Waals surface area contributed by atoms with Crippen LogP contribution in [0.1, 0.15) is 24.2 Å². The molecule has 0 spiro atoms. The van der Waals surface area contributed by atoms with Crippen LogP contribution in [-0.4, -0.2) is 28.9 Å². The number of rotatable bonds is 7. The highest BCUT2D eigenvalue weighted by Gasteiger charge is 2.12. The molecule has 0 aliphatic rings. The molecule has 0 unspecified atom stereocenters. The Labute approximate surface area is 123 Å². The maximum atomic E-state index is 12.3. The van der Waals surface area contributed by atoms with Gasteiger partial charge in [0.05, 0.1) is 30.3 Å². The Balaban J connectivity index is 2.05. The molecule has 0 saturated heterocycles. The van der Waals surface area contributed by atoms with Gasteiger partial charge in [-0.1, -0.05) is 12.1 Å². The third-order valence-corrected chi connectivity index (χ3v) is 2.75. The smallest absolute Gasteiger partial charge is 0.259 e. The molecule has 0 saturated carbocycles. The van der Waals surface area contributed by atoms with E-state index in [-0.39, 0.29) is 5.91 Å². The van der Waals surface area contributed by atoms with E-state index in [2.05, 4.69) is 10.4 Å². The zero-order chi connectivity index (χ0) is 15.1. The maximum absolute atomic E-state index is 12.3. The normalized spacial score (nSPS) is 10.4. The first kappa shape index (κ1) is 15.1. The second-order valence-corrected chi connectivity index (χ2v) is 4.27. The van der Waals surface area contributed by atoms with Crippen molar-refractivity contribution in [1.29, 1.82) is 0 Å². The molecular formula is C15H19N3O3. The van der Waals surface area contributed by atoms with Crippen molar-refractivity contribution < 1.29 is 14.3 Å². The molecule has 1 heterocycles. The summed E-state index contributed by atoms with van der Waals surface area (Å²) in [6.45, 7) is 5.28. The number of ether oxygens (including phenoxy) is 2. The zero-order valence-electron chi connectivity index (χ0n) is 12.2. The summed E-state index contributed by atoms with van der Waals surface area (Å²) in [5.74, 6) is 0.342. The summed E-state index contributed by atoms with van der Waals surface area (Å²) in [6, 6.07) is 7.14. The standard InChI is InChI=1S/C15H19N3O3/c1-3-20-11-18-10-12(9-16-18)17-15(19)13-7-5-6-8-14(13)21-4-2/h5-10H,3-4,11H2,1-2H3,(H,17,19). The van der Waals surface area contributed by atoms with Crippen molar-refractivity contribution in [2.24, 2.45) is 0 Å². The Morgan fingerprint density at radius 1 is 1.29 bits per heavy atom. The third-order valence-electron chi connectivity index (χ3n) is 2.75. The topological polar surface area (TPSA) is 65.4 Å². The van der Waals surface area contributed by atoms with Gasteiger partial charge >= 0.3 is 0 Å². The van der Waals surface area contributed by atoms with E-state index in [9.17, 15) is 4.79 Å². The number of nitrogens with zero attached hydrogens (tertiary/aromatic N) is 2. The Kier molecular flexibility index (Phi) is 5.34. The van der Waals surface area contributed by atoms with Crippen LogP contribution in [0.4, 0.5) is 5.69 Å². The summed E-state index contributed by atoms with van der Waals surface area (Å²) < 4.78 is 12.3. The van der Waals surface area contributed by atoms with Crippen molar-refractivity contribution in [3.63, 3.8) is 0 Å². The van der Waals surface area contributed by atoms with Crippen LogP contribution in [-0.2, 0) is 11.5 Å². The number of amides is 1. The van der Waals surface area contributed by atoms with Gasteiger partial charge in [-0.05, 0) is 26.0 Å². The van der Waals surface area contributed by atoms with E-state index in [1.807, 2.05) is 19.9 Å². The van der Waals surface area contributed by atoms with Gasteiger partial charge in [-0.25, -0.2) is 4.68 Å². The molecule has 21 heavy (non-hydrogen) atoms. The summed E-state index contributed by atoms with van der Waals surface area (Å²) in [5.41, 5.74) is 1.11. The lowest BCUT2D eigenvalue weighted by Gasteiger charge is -2.09. The van der Waals surface area contributed by atoms with E-state index in [4.69, 9.17) is 9.47 Å². The molecule has 1 amide bonds. The highest BCUT2D eigenvalue weighted by atomic mass is 16.5. The average molecular weight is 289 g/mol. The molecule has 112 valence electrons. The molecule has 1 N–H and O–H groups in total. The number of hydrogen-bond donors (Lipinski definition) is 1. The van der Waals surface area contributed by atoms with Gasteiger partial charge in [-0.15, -0.1) is 0 Å². The Bertz CT molecular complexity index is 595. The summed E-state index contributed by atoms with van der Waals surface area (Å²) in [4.78, 5) is 12.3. The molecule has 2 aromatic rings. The van der Waals surface area contributed by atoms with E-state index in [0.717, 1.165) is 0 Å². The van der Waals surface area contributed by atoms with Crippen LogP contribution in [0.3, 0.4) is 0 Å². The summed E-state index contributed by atoms with van der Waals surface area (Å²) in [7, 11) is 0. The lowest BCUT2D eigenvalue weighted by atomic mass is 10.2. The molecular weight excluding hydrogens is 270 g/mol. The highest BCUT2D eigenvalue weighted by Crippen LogP contribution is 2.19. The van der Waals surface area contributed by atoms with Gasteiger partial charge in [-0.2, -0.15) is 5.10 Å². The lowest BCUT2D eigenvalue weighted by molar-refractivity contribution is 0.0792. The van der Waals surface area contributed by atoms with Gasteiger partial charge in [0.25, 0.3) is 5.91 Å². The molecule has 0 bridgehead atoms. The molecule has 1 aromatic carbocycles. The fraction of sp³-hybridized carbons (Fsp3) is 0.333. The van der Waals surface area contributed by atoms with Crippen LogP contribution in [0.25, 0.3) is 0 Å². The molecule has 0 aliphatic carbocycles. The predicted octanol–water partition coefficient (Wildman–Crippen LogP) is 2.53. The first-order chi connectivity index (χ1) is 10.2. The van der Waals surface area contributed by atoms with E-state index in [0.29, 0.717) is 36.9 Å². The van der Waals surface area contributed by atoms with Crippen molar-refractivity contribution in [3.8, 4) is 5.75 Å². The maximum Gasteiger partial charge on any atom is 0.259 e. The molecule has 1 aromatic heterocycles.